The molecule has 0 saturated heterocycles. The monoisotopic (exact) mass is 400 g/mol. The Morgan fingerprint density at radius 3 is 2.27 bits per heavy atom. The van der Waals surface area contributed by atoms with Crippen molar-refractivity contribution in [2.24, 2.45) is 0 Å². The van der Waals surface area contributed by atoms with Crippen LogP contribution in [-0.4, -0.2) is 28.2 Å². The third-order valence-electron chi connectivity index (χ3n) is 5.02. The van der Waals surface area contributed by atoms with Gasteiger partial charge in [-0.3, -0.25) is 9.59 Å². The van der Waals surface area contributed by atoms with Gasteiger partial charge in [-0.25, -0.2) is 4.68 Å². The lowest BCUT2D eigenvalue weighted by molar-refractivity contribution is -0.255. The van der Waals surface area contributed by atoms with Gasteiger partial charge in [-0.2, -0.15) is 5.10 Å². The molecule has 0 saturated carbocycles. The number of fused-ring (bicyclic) bond motifs is 2. The summed E-state index contributed by atoms with van der Waals surface area (Å²) in [4.78, 5) is 39.0. The molecule has 0 aliphatic heterocycles. The molecular formula is C23H18N3O4-. The second-order valence-corrected chi connectivity index (χ2v) is 6.78. The molecule has 0 N–H and O–H groups in total. The topological polar surface area (TPSA) is 95.3 Å². The van der Waals surface area contributed by atoms with Crippen LogP contribution in [0.5, 0.6) is 0 Å². The highest BCUT2D eigenvalue weighted by Crippen LogP contribution is 2.27. The number of carbonyl (C=O) groups is 2. The van der Waals surface area contributed by atoms with Crippen LogP contribution >= 0.6 is 0 Å². The number of hydrogen-bond acceptors (Lipinski definition) is 5. The standard InChI is InChI=1S/C23H19N3O4/c1-2-25(19-13-7-9-15-8-3-4-10-16(15)19)20(27)14-26-22(28)18-12-6-5-11-17(18)21(24-26)23(29)30/h3-13H,2,14H2,1H3,(H,29,30)/p-1. The van der Waals surface area contributed by atoms with E-state index in [-0.39, 0.29) is 28.9 Å². The third kappa shape index (κ3) is 3.30. The van der Waals surface area contributed by atoms with Gasteiger partial charge in [0, 0.05) is 17.3 Å². The van der Waals surface area contributed by atoms with Gasteiger partial charge in [-0.15, -0.1) is 0 Å². The van der Waals surface area contributed by atoms with E-state index in [1.807, 2.05) is 49.4 Å². The first-order valence-corrected chi connectivity index (χ1v) is 9.50. The molecule has 7 nitrogen and oxygen atoms in total. The summed E-state index contributed by atoms with van der Waals surface area (Å²) in [5.41, 5.74) is -0.182. The zero-order valence-electron chi connectivity index (χ0n) is 16.2. The van der Waals surface area contributed by atoms with Gasteiger partial charge in [0.15, 0.2) is 0 Å². The SMILES string of the molecule is CCN(C(=O)Cn1nc(C(=O)[O-])c2ccccc2c1=O)c1cccc2ccccc12. The summed E-state index contributed by atoms with van der Waals surface area (Å²) >= 11 is 0. The number of benzene rings is 3. The van der Waals surface area contributed by atoms with E-state index in [0.29, 0.717) is 6.54 Å². The minimum absolute atomic E-state index is 0.174. The maximum Gasteiger partial charge on any atom is 0.275 e. The summed E-state index contributed by atoms with van der Waals surface area (Å²) in [6, 6.07) is 19.6. The summed E-state index contributed by atoms with van der Waals surface area (Å²) < 4.78 is 0.892. The molecule has 0 radical (unpaired) electrons. The van der Waals surface area contributed by atoms with E-state index in [0.717, 1.165) is 21.1 Å². The van der Waals surface area contributed by atoms with Crippen LogP contribution in [0.4, 0.5) is 5.69 Å². The molecule has 0 aliphatic rings. The first-order chi connectivity index (χ1) is 14.5. The van der Waals surface area contributed by atoms with Gasteiger partial charge >= 0.3 is 0 Å². The van der Waals surface area contributed by atoms with Crippen molar-refractivity contribution in [3.05, 3.63) is 82.8 Å². The van der Waals surface area contributed by atoms with Crippen molar-refractivity contribution in [1.29, 1.82) is 0 Å². The van der Waals surface area contributed by atoms with Crippen LogP contribution in [0.1, 0.15) is 17.4 Å². The Balaban J connectivity index is 1.77. The first-order valence-electron chi connectivity index (χ1n) is 9.50. The van der Waals surface area contributed by atoms with Gasteiger partial charge in [0.25, 0.3) is 5.56 Å². The van der Waals surface area contributed by atoms with Gasteiger partial charge in [-0.05, 0) is 24.4 Å². The minimum Gasteiger partial charge on any atom is -0.543 e. The van der Waals surface area contributed by atoms with Gasteiger partial charge in [0.05, 0.1) is 17.0 Å². The number of aromatic carboxylic acids is 1. The summed E-state index contributed by atoms with van der Waals surface area (Å²) in [5, 5.41) is 17.7. The molecule has 3 aromatic carbocycles. The Morgan fingerprint density at radius 2 is 1.57 bits per heavy atom. The Morgan fingerprint density at radius 1 is 0.933 bits per heavy atom. The van der Waals surface area contributed by atoms with Crippen molar-refractivity contribution in [2.45, 2.75) is 13.5 Å². The zero-order chi connectivity index (χ0) is 21.3. The molecule has 7 heteroatoms. The first kappa shape index (κ1) is 19.3. The highest BCUT2D eigenvalue weighted by atomic mass is 16.4. The van der Waals surface area contributed by atoms with Crippen molar-refractivity contribution in [3.63, 3.8) is 0 Å². The Kier molecular flexibility index (Phi) is 5.02. The second kappa shape index (κ2) is 7.79. The number of likely N-dealkylation sites (N-methyl/N-ethyl adjacent to an activating group) is 1. The second-order valence-electron chi connectivity index (χ2n) is 6.78. The molecule has 0 spiro atoms. The van der Waals surface area contributed by atoms with Crippen LogP contribution in [0.2, 0.25) is 0 Å². The fourth-order valence-electron chi connectivity index (χ4n) is 3.63. The highest BCUT2D eigenvalue weighted by Gasteiger charge is 2.19. The van der Waals surface area contributed by atoms with Crippen molar-refractivity contribution < 1.29 is 14.7 Å². The van der Waals surface area contributed by atoms with Crippen molar-refractivity contribution in [2.75, 3.05) is 11.4 Å². The third-order valence-corrected chi connectivity index (χ3v) is 5.02. The number of amides is 1. The molecule has 1 heterocycles. The predicted octanol–water partition coefficient (Wildman–Crippen LogP) is 1.97. The number of carbonyl (C=O) groups excluding carboxylic acids is 2. The molecule has 30 heavy (non-hydrogen) atoms. The smallest absolute Gasteiger partial charge is 0.275 e. The van der Waals surface area contributed by atoms with Crippen molar-refractivity contribution in [1.82, 2.24) is 9.78 Å². The number of hydrogen-bond donors (Lipinski definition) is 0. The van der Waals surface area contributed by atoms with Crippen LogP contribution in [0.3, 0.4) is 0 Å². The zero-order valence-corrected chi connectivity index (χ0v) is 16.2. The van der Waals surface area contributed by atoms with E-state index in [1.165, 1.54) is 12.1 Å². The van der Waals surface area contributed by atoms with E-state index in [9.17, 15) is 19.5 Å². The molecule has 0 unspecified atom stereocenters. The molecule has 4 rings (SSSR count). The fraction of sp³-hybridized carbons (Fsp3) is 0.130. The average Bonchev–Trinajstić information content (AvgIpc) is 2.76. The van der Waals surface area contributed by atoms with E-state index in [4.69, 9.17) is 0 Å². The normalized spacial score (nSPS) is 11.0. The Bertz CT molecular complexity index is 1340. The Hall–Kier alpha value is -4.00. The molecule has 0 aliphatic carbocycles. The van der Waals surface area contributed by atoms with E-state index in [1.54, 1.807) is 17.0 Å². The maximum atomic E-state index is 13.1. The molecule has 1 aromatic heterocycles. The molecule has 4 aromatic rings. The number of carboxylic acid groups (broad SMARTS) is 1. The minimum atomic E-state index is -1.51. The largest absolute Gasteiger partial charge is 0.543 e. The van der Waals surface area contributed by atoms with Crippen LogP contribution in [-0.2, 0) is 11.3 Å². The average molecular weight is 400 g/mol. The number of nitrogens with zero attached hydrogens (tertiary/aromatic N) is 3. The van der Waals surface area contributed by atoms with Gasteiger partial charge in [0.2, 0.25) is 5.91 Å². The van der Waals surface area contributed by atoms with Crippen LogP contribution < -0.4 is 15.6 Å². The summed E-state index contributed by atoms with van der Waals surface area (Å²) in [7, 11) is 0. The van der Waals surface area contributed by atoms with Gasteiger partial charge in [-0.1, -0.05) is 54.6 Å². The van der Waals surface area contributed by atoms with Gasteiger partial charge < -0.3 is 14.8 Å². The Labute approximate surface area is 171 Å². The fourth-order valence-corrected chi connectivity index (χ4v) is 3.63. The number of rotatable bonds is 5. The van der Waals surface area contributed by atoms with Crippen molar-refractivity contribution in [3.8, 4) is 0 Å². The predicted molar refractivity (Wildman–Crippen MR) is 112 cm³/mol. The van der Waals surface area contributed by atoms with Crippen LogP contribution in [0.15, 0.2) is 71.5 Å². The van der Waals surface area contributed by atoms with E-state index >= 15 is 0 Å². The summed E-state index contributed by atoms with van der Waals surface area (Å²) in [5.74, 6) is -1.88. The molecule has 0 fully saturated rings. The number of carboxylic acids is 1. The highest BCUT2D eigenvalue weighted by molar-refractivity contribution is 6.04. The number of aromatic nitrogens is 2. The van der Waals surface area contributed by atoms with Crippen LogP contribution in [0, 0.1) is 0 Å². The summed E-state index contributed by atoms with van der Waals surface area (Å²) in [6.07, 6.45) is 0. The lowest BCUT2D eigenvalue weighted by Crippen LogP contribution is -2.39. The molecule has 150 valence electrons. The lowest BCUT2D eigenvalue weighted by atomic mass is 10.1. The van der Waals surface area contributed by atoms with Gasteiger partial charge in [0.1, 0.15) is 12.2 Å². The molecule has 0 bridgehead atoms. The molecular weight excluding hydrogens is 382 g/mol. The lowest BCUT2D eigenvalue weighted by Gasteiger charge is -2.23. The quantitative estimate of drug-likeness (QED) is 0.510. The number of anilines is 1. The van der Waals surface area contributed by atoms with E-state index in [2.05, 4.69) is 5.10 Å². The molecule has 0 atom stereocenters. The summed E-state index contributed by atoms with van der Waals surface area (Å²) in [6.45, 7) is 1.83. The van der Waals surface area contributed by atoms with Crippen LogP contribution in [0.25, 0.3) is 21.5 Å². The van der Waals surface area contributed by atoms with E-state index < -0.39 is 11.5 Å². The van der Waals surface area contributed by atoms with Crippen molar-refractivity contribution >= 4 is 39.1 Å². The molecule has 1 amide bonds. The maximum absolute atomic E-state index is 13.1.